The van der Waals surface area contributed by atoms with Crippen molar-refractivity contribution in [2.75, 3.05) is 25.2 Å². The van der Waals surface area contributed by atoms with Gasteiger partial charge in [0.2, 0.25) is 0 Å². The predicted octanol–water partition coefficient (Wildman–Crippen LogP) is 1.49. The van der Waals surface area contributed by atoms with E-state index in [1.807, 2.05) is 11.8 Å². The number of carbonyl (C=O) groups is 1. The lowest BCUT2D eigenvalue weighted by Crippen LogP contribution is -2.19. The maximum absolute atomic E-state index is 10.5. The first kappa shape index (κ1) is 10.6. The van der Waals surface area contributed by atoms with Gasteiger partial charge in [0.15, 0.2) is 0 Å². The summed E-state index contributed by atoms with van der Waals surface area (Å²) in [7, 11) is 1.56. The zero-order chi connectivity index (χ0) is 8.53. The number of hydrogen-bond acceptors (Lipinski definition) is 3. The van der Waals surface area contributed by atoms with Crippen LogP contribution in [0.15, 0.2) is 0 Å². The molecule has 0 unspecified atom stereocenters. The van der Waals surface area contributed by atoms with E-state index < -0.39 is 0 Å². The molecule has 0 aliphatic carbocycles. The van der Waals surface area contributed by atoms with Gasteiger partial charge in [-0.15, -0.1) is 0 Å². The quantitative estimate of drug-likeness (QED) is 0.646. The smallest absolute Gasteiger partial charge is 0.406 e. The number of thioether (sulfide) groups is 1. The van der Waals surface area contributed by atoms with Crippen LogP contribution in [0, 0.1) is 0 Å². The third kappa shape index (κ3) is 7.52. The molecule has 0 saturated carbocycles. The molecule has 1 N–H and O–H groups in total. The van der Waals surface area contributed by atoms with E-state index >= 15 is 0 Å². The molecule has 0 aromatic rings. The number of carbonyl (C=O) groups excluding carboxylic acids is 1. The van der Waals surface area contributed by atoms with Gasteiger partial charge in [-0.2, -0.15) is 11.8 Å². The van der Waals surface area contributed by atoms with E-state index in [1.165, 1.54) is 0 Å². The van der Waals surface area contributed by atoms with Gasteiger partial charge in [0.1, 0.15) is 0 Å². The molecule has 0 rings (SSSR count). The van der Waals surface area contributed by atoms with Gasteiger partial charge in [-0.1, -0.05) is 6.92 Å². The zero-order valence-corrected chi connectivity index (χ0v) is 7.87. The summed E-state index contributed by atoms with van der Waals surface area (Å²) in [6.45, 7) is 2.64. The summed E-state index contributed by atoms with van der Waals surface area (Å²) >= 11 is 1.86. The summed E-state index contributed by atoms with van der Waals surface area (Å²) in [6.07, 6.45) is 0.595. The minimum atomic E-state index is -0.341. The van der Waals surface area contributed by atoms with Gasteiger partial charge in [0, 0.05) is 7.05 Å². The molecule has 66 valence electrons. The van der Waals surface area contributed by atoms with Gasteiger partial charge in [0.05, 0.1) is 6.61 Å². The van der Waals surface area contributed by atoms with Crippen LogP contribution in [-0.4, -0.2) is 31.3 Å². The van der Waals surface area contributed by atoms with Gasteiger partial charge >= 0.3 is 6.09 Å². The Morgan fingerprint density at radius 2 is 2.36 bits per heavy atom. The first-order valence-electron chi connectivity index (χ1n) is 3.73. The Hall–Kier alpha value is -0.380. The summed E-state index contributed by atoms with van der Waals surface area (Å²) in [5, 5.41) is 2.39. The molecular weight excluding hydrogens is 162 g/mol. The maximum atomic E-state index is 10.5. The second-order valence-electron chi connectivity index (χ2n) is 1.94. The fraction of sp³-hybridized carbons (Fsp3) is 0.857. The molecular formula is C7H15NO2S. The largest absolute Gasteiger partial charge is 0.450 e. The molecule has 0 aromatic carbocycles. The fourth-order valence-electron chi connectivity index (χ4n) is 0.542. The highest BCUT2D eigenvalue weighted by atomic mass is 32.2. The van der Waals surface area contributed by atoms with Crippen LogP contribution in [-0.2, 0) is 4.74 Å². The van der Waals surface area contributed by atoms with Crippen molar-refractivity contribution in [1.29, 1.82) is 0 Å². The van der Waals surface area contributed by atoms with E-state index in [9.17, 15) is 4.79 Å². The van der Waals surface area contributed by atoms with Crippen LogP contribution in [0.4, 0.5) is 4.79 Å². The van der Waals surface area contributed by atoms with E-state index in [1.54, 1.807) is 7.05 Å². The lowest BCUT2D eigenvalue weighted by Gasteiger charge is -2.02. The average Bonchev–Trinajstić information content (AvgIpc) is 2.04. The topological polar surface area (TPSA) is 38.3 Å². The summed E-state index contributed by atoms with van der Waals surface area (Å²) in [5.41, 5.74) is 0. The Kier molecular flexibility index (Phi) is 7.46. The number of rotatable bonds is 5. The molecule has 0 fully saturated rings. The number of nitrogens with one attached hydrogen (secondary N) is 1. The predicted molar refractivity (Wildman–Crippen MR) is 48.0 cm³/mol. The molecule has 11 heavy (non-hydrogen) atoms. The Balaban J connectivity index is 2.95. The summed E-state index contributed by atoms with van der Waals surface area (Å²) in [4.78, 5) is 10.5. The molecule has 3 nitrogen and oxygen atoms in total. The van der Waals surface area contributed by atoms with Crippen LogP contribution in [0.5, 0.6) is 0 Å². The summed E-state index contributed by atoms with van der Waals surface area (Å²) in [5.74, 6) is 2.19. The maximum Gasteiger partial charge on any atom is 0.406 e. The minimum Gasteiger partial charge on any atom is -0.450 e. The van der Waals surface area contributed by atoms with E-state index in [2.05, 4.69) is 12.2 Å². The fourth-order valence-corrected chi connectivity index (χ4v) is 1.15. The van der Waals surface area contributed by atoms with Crippen molar-refractivity contribution < 1.29 is 9.53 Å². The van der Waals surface area contributed by atoms with Crippen LogP contribution < -0.4 is 5.32 Å². The van der Waals surface area contributed by atoms with Crippen LogP contribution in [0.25, 0.3) is 0 Å². The first-order chi connectivity index (χ1) is 5.31. The number of ether oxygens (including phenoxy) is 1. The lowest BCUT2D eigenvalue weighted by atomic mass is 10.5. The summed E-state index contributed by atoms with van der Waals surface area (Å²) < 4.78 is 4.77. The normalized spacial score (nSPS) is 9.27. The van der Waals surface area contributed by atoms with Crippen molar-refractivity contribution in [1.82, 2.24) is 5.32 Å². The monoisotopic (exact) mass is 177 g/mol. The Morgan fingerprint density at radius 3 is 2.91 bits per heavy atom. The molecule has 0 radical (unpaired) electrons. The average molecular weight is 177 g/mol. The SMILES string of the molecule is CCSCCCOC(=O)NC. The Labute approximate surface area is 71.9 Å². The van der Waals surface area contributed by atoms with Crippen molar-refractivity contribution >= 4 is 17.9 Å². The van der Waals surface area contributed by atoms with E-state index in [-0.39, 0.29) is 6.09 Å². The van der Waals surface area contributed by atoms with Gasteiger partial charge in [-0.25, -0.2) is 4.79 Å². The molecule has 0 spiro atoms. The number of hydrogen-bond donors (Lipinski definition) is 1. The zero-order valence-electron chi connectivity index (χ0n) is 7.05. The first-order valence-corrected chi connectivity index (χ1v) is 4.89. The third-order valence-electron chi connectivity index (χ3n) is 1.07. The second kappa shape index (κ2) is 7.72. The molecule has 4 heteroatoms. The van der Waals surface area contributed by atoms with Crippen LogP contribution in [0.3, 0.4) is 0 Å². The Morgan fingerprint density at radius 1 is 1.64 bits per heavy atom. The van der Waals surface area contributed by atoms with Gasteiger partial charge < -0.3 is 10.1 Å². The number of amides is 1. The molecule has 0 atom stereocenters. The molecule has 0 aliphatic rings. The molecule has 0 aliphatic heterocycles. The van der Waals surface area contributed by atoms with Gasteiger partial charge in [-0.05, 0) is 17.9 Å². The molecule has 0 heterocycles. The van der Waals surface area contributed by atoms with Crippen LogP contribution in [0.2, 0.25) is 0 Å². The standard InChI is InChI=1S/C7H15NO2S/c1-3-11-6-4-5-10-7(9)8-2/h3-6H2,1-2H3,(H,8,9). The van der Waals surface area contributed by atoms with Crippen LogP contribution >= 0.6 is 11.8 Å². The van der Waals surface area contributed by atoms with E-state index in [0.29, 0.717) is 6.61 Å². The van der Waals surface area contributed by atoms with Crippen molar-refractivity contribution in [3.8, 4) is 0 Å². The van der Waals surface area contributed by atoms with E-state index in [4.69, 9.17) is 4.74 Å². The van der Waals surface area contributed by atoms with Crippen molar-refractivity contribution in [3.63, 3.8) is 0 Å². The second-order valence-corrected chi connectivity index (χ2v) is 3.33. The minimum absolute atomic E-state index is 0.341. The number of alkyl carbamates (subject to hydrolysis) is 1. The van der Waals surface area contributed by atoms with Crippen molar-refractivity contribution in [2.45, 2.75) is 13.3 Å². The van der Waals surface area contributed by atoms with Crippen molar-refractivity contribution in [3.05, 3.63) is 0 Å². The summed E-state index contributed by atoms with van der Waals surface area (Å²) in [6, 6.07) is 0. The van der Waals surface area contributed by atoms with Gasteiger partial charge in [0.25, 0.3) is 0 Å². The van der Waals surface area contributed by atoms with Gasteiger partial charge in [-0.3, -0.25) is 0 Å². The van der Waals surface area contributed by atoms with E-state index in [0.717, 1.165) is 17.9 Å². The molecule has 0 saturated heterocycles. The van der Waals surface area contributed by atoms with Crippen molar-refractivity contribution in [2.24, 2.45) is 0 Å². The molecule has 0 bridgehead atoms. The highest BCUT2D eigenvalue weighted by molar-refractivity contribution is 7.99. The highest BCUT2D eigenvalue weighted by Gasteiger charge is 1.95. The highest BCUT2D eigenvalue weighted by Crippen LogP contribution is 2.00. The lowest BCUT2D eigenvalue weighted by molar-refractivity contribution is 0.149. The molecule has 1 amide bonds. The Bertz CT molecular complexity index is 109. The molecule has 0 aromatic heterocycles. The van der Waals surface area contributed by atoms with Crippen LogP contribution in [0.1, 0.15) is 13.3 Å². The third-order valence-corrected chi connectivity index (χ3v) is 2.06.